The number of carbonyl (C=O) groups is 1. The third kappa shape index (κ3) is 3.28. The van der Waals surface area contributed by atoms with Gasteiger partial charge in [0.2, 0.25) is 0 Å². The molecule has 0 fully saturated rings. The minimum Gasteiger partial charge on any atom is -0.349 e. The summed E-state index contributed by atoms with van der Waals surface area (Å²) in [5.74, 6) is -0.0780. The molecule has 1 heterocycles. The van der Waals surface area contributed by atoms with Gasteiger partial charge in [-0.2, -0.15) is 0 Å². The topological polar surface area (TPSA) is 42.0 Å². The van der Waals surface area contributed by atoms with Crippen LogP contribution >= 0.6 is 11.6 Å². The SMILES string of the molecule is CCCC(CC)NC(=O)c1cc(Cl)nc2ccccc12. The Kier molecular flexibility index (Phi) is 4.96. The lowest BCUT2D eigenvalue weighted by Gasteiger charge is -2.16. The van der Waals surface area contributed by atoms with Gasteiger partial charge in [0.05, 0.1) is 11.1 Å². The van der Waals surface area contributed by atoms with Gasteiger partial charge in [-0.15, -0.1) is 0 Å². The molecule has 1 atom stereocenters. The van der Waals surface area contributed by atoms with Crippen LogP contribution in [0.5, 0.6) is 0 Å². The predicted molar refractivity (Wildman–Crippen MR) is 83.2 cm³/mol. The monoisotopic (exact) mass is 290 g/mol. The zero-order chi connectivity index (χ0) is 14.5. The summed E-state index contributed by atoms with van der Waals surface area (Å²) in [7, 11) is 0. The van der Waals surface area contributed by atoms with Crippen molar-refractivity contribution in [3.8, 4) is 0 Å². The summed E-state index contributed by atoms with van der Waals surface area (Å²) in [6.45, 7) is 4.20. The molecule has 2 aromatic rings. The summed E-state index contributed by atoms with van der Waals surface area (Å²) >= 11 is 6.01. The van der Waals surface area contributed by atoms with Gasteiger partial charge in [0.1, 0.15) is 5.15 Å². The van der Waals surface area contributed by atoms with E-state index in [0.29, 0.717) is 10.7 Å². The lowest BCUT2D eigenvalue weighted by molar-refractivity contribution is 0.0935. The Morgan fingerprint density at radius 1 is 1.35 bits per heavy atom. The van der Waals surface area contributed by atoms with Crippen LogP contribution in [0, 0.1) is 0 Å². The average molecular weight is 291 g/mol. The number of carbonyl (C=O) groups excluding carboxylic acids is 1. The fourth-order valence-corrected chi connectivity index (χ4v) is 2.52. The van der Waals surface area contributed by atoms with Gasteiger partial charge < -0.3 is 5.32 Å². The zero-order valence-corrected chi connectivity index (χ0v) is 12.6. The minimum atomic E-state index is -0.0780. The Hall–Kier alpha value is -1.61. The summed E-state index contributed by atoms with van der Waals surface area (Å²) in [6.07, 6.45) is 2.96. The summed E-state index contributed by atoms with van der Waals surface area (Å²) in [5, 5.41) is 4.26. The molecule has 0 aliphatic heterocycles. The number of amides is 1. The molecule has 0 saturated carbocycles. The highest BCUT2D eigenvalue weighted by Gasteiger charge is 2.15. The first-order valence-electron chi connectivity index (χ1n) is 7.01. The molecule has 1 unspecified atom stereocenters. The third-order valence-corrected chi connectivity index (χ3v) is 3.59. The highest BCUT2D eigenvalue weighted by Crippen LogP contribution is 2.21. The first-order valence-corrected chi connectivity index (χ1v) is 7.39. The number of nitrogens with one attached hydrogen (secondary N) is 1. The maximum Gasteiger partial charge on any atom is 0.252 e. The number of nitrogens with zero attached hydrogens (tertiary/aromatic N) is 1. The van der Waals surface area contributed by atoms with E-state index in [1.165, 1.54) is 0 Å². The van der Waals surface area contributed by atoms with Gasteiger partial charge in [0.25, 0.3) is 5.91 Å². The molecule has 0 radical (unpaired) electrons. The second-order valence-electron chi connectivity index (χ2n) is 4.88. The summed E-state index contributed by atoms with van der Waals surface area (Å²) in [4.78, 5) is 16.7. The Bertz CT molecular complexity index is 612. The van der Waals surface area contributed by atoms with E-state index in [-0.39, 0.29) is 11.9 Å². The molecule has 2 rings (SSSR count). The van der Waals surface area contributed by atoms with Crippen molar-refractivity contribution in [2.45, 2.75) is 39.2 Å². The Morgan fingerprint density at radius 2 is 2.10 bits per heavy atom. The fourth-order valence-electron chi connectivity index (χ4n) is 2.32. The largest absolute Gasteiger partial charge is 0.349 e. The van der Waals surface area contributed by atoms with Crippen molar-refractivity contribution in [2.24, 2.45) is 0 Å². The molecule has 1 amide bonds. The summed E-state index contributed by atoms with van der Waals surface area (Å²) < 4.78 is 0. The number of aromatic nitrogens is 1. The predicted octanol–water partition coefficient (Wildman–Crippen LogP) is 4.20. The van der Waals surface area contributed by atoms with E-state index in [4.69, 9.17) is 11.6 Å². The second-order valence-corrected chi connectivity index (χ2v) is 5.26. The molecule has 1 aromatic heterocycles. The number of hydrogen-bond acceptors (Lipinski definition) is 2. The van der Waals surface area contributed by atoms with Crippen LogP contribution in [-0.2, 0) is 0 Å². The molecule has 4 heteroatoms. The van der Waals surface area contributed by atoms with Crippen LogP contribution in [0.15, 0.2) is 30.3 Å². The highest BCUT2D eigenvalue weighted by molar-refractivity contribution is 6.30. The van der Waals surface area contributed by atoms with Gasteiger partial charge in [-0.25, -0.2) is 4.98 Å². The number of pyridine rings is 1. The molecular formula is C16H19ClN2O. The minimum absolute atomic E-state index is 0.0780. The van der Waals surface area contributed by atoms with Crippen molar-refractivity contribution in [3.05, 3.63) is 41.0 Å². The van der Waals surface area contributed by atoms with E-state index in [1.807, 2.05) is 24.3 Å². The van der Waals surface area contributed by atoms with Crippen LogP contribution in [0.2, 0.25) is 5.15 Å². The maximum absolute atomic E-state index is 12.5. The molecule has 106 valence electrons. The normalized spacial score (nSPS) is 12.3. The molecule has 0 saturated heterocycles. The first-order chi connectivity index (χ1) is 9.65. The van der Waals surface area contributed by atoms with Gasteiger partial charge in [-0.3, -0.25) is 4.79 Å². The Labute approximate surface area is 124 Å². The Balaban J connectivity index is 2.34. The first kappa shape index (κ1) is 14.8. The molecule has 20 heavy (non-hydrogen) atoms. The van der Waals surface area contributed by atoms with E-state index in [1.54, 1.807) is 6.07 Å². The van der Waals surface area contributed by atoms with Crippen LogP contribution in [0.25, 0.3) is 10.9 Å². The van der Waals surface area contributed by atoms with E-state index in [2.05, 4.69) is 24.1 Å². The third-order valence-electron chi connectivity index (χ3n) is 3.39. The van der Waals surface area contributed by atoms with Crippen molar-refractivity contribution in [2.75, 3.05) is 0 Å². The molecule has 0 bridgehead atoms. The summed E-state index contributed by atoms with van der Waals surface area (Å²) in [6, 6.07) is 9.39. The van der Waals surface area contributed by atoms with Crippen molar-refractivity contribution in [1.82, 2.24) is 10.3 Å². The highest BCUT2D eigenvalue weighted by atomic mass is 35.5. The van der Waals surface area contributed by atoms with Crippen LogP contribution < -0.4 is 5.32 Å². The quantitative estimate of drug-likeness (QED) is 0.839. The maximum atomic E-state index is 12.5. The van der Waals surface area contributed by atoms with Crippen molar-refractivity contribution in [1.29, 1.82) is 0 Å². The molecule has 0 aliphatic carbocycles. The van der Waals surface area contributed by atoms with Crippen molar-refractivity contribution in [3.63, 3.8) is 0 Å². The number of halogens is 1. The molecule has 1 aromatic carbocycles. The van der Waals surface area contributed by atoms with Gasteiger partial charge in [0, 0.05) is 11.4 Å². The van der Waals surface area contributed by atoms with Crippen LogP contribution in [-0.4, -0.2) is 16.9 Å². The molecule has 0 spiro atoms. The van der Waals surface area contributed by atoms with Gasteiger partial charge in [-0.1, -0.05) is 50.1 Å². The lowest BCUT2D eigenvalue weighted by Crippen LogP contribution is -2.34. The Morgan fingerprint density at radius 3 is 2.80 bits per heavy atom. The molecule has 1 N–H and O–H groups in total. The summed E-state index contributed by atoms with van der Waals surface area (Å²) in [5.41, 5.74) is 1.34. The molecular weight excluding hydrogens is 272 g/mol. The van der Waals surface area contributed by atoms with Crippen molar-refractivity contribution < 1.29 is 4.79 Å². The van der Waals surface area contributed by atoms with Crippen LogP contribution in [0.1, 0.15) is 43.5 Å². The lowest BCUT2D eigenvalue weighted by atomic mass is 10.1. The number of fused-ring (bicyclic) bond motifs is 1. The smallest absolute Gasteiger partial charge is 0.252 e. The zero-order valence-electron chi connectivity index (χ0n) is 11.8. The second kappa shape index (κ2) is 6.71. The van der Waals surface area contributed by atoms with Gasteiger partial charge >= 0.3 is 0 Å². The standard InChI is InChI=1S/C16H19ClN2O/c1-3-7-11(4-2)18-16(20)13-10-15(17)19-14-9-6-5-8-12(13)14/h5-6,8-11H,3-4,7H2,1-2H3,(H,18,20). The fraction of sp³-hybridized carbons (Fsp3) is 0.375. The number of benzene rings is 1. The van der Waals surface area contributed by atoms with Crippen molar-refractivity contribution >= 4 is 28.4 Å². The van der Waals surface area contributed by atoms with E-state index >= 15 is 0 Å². The van der Waals surface area contributed by atoms with E-state index in [9.17, 15) is 4.79 Å². The molecule has 0 aliphatic rings. The van der Waals surface area contributed by atoms with E-state index in [0.717, 1.165) is 30.2 Å². The van der Waals surface area contributed by atoms with E-state index < -0.39 is 0 Å². The number of rotatable bonds is 5. The van der Waals surface area contributed by atoms with Crippen LogP contribution in [0.3, 0.4) is 0 Å². The van der Waals surface area contributed by atoms with Crippen LogP contribution in [0.4, 0.5) is 0 Å². The number of para-hydroxylation sites is 1. The average Bonchev–Trinajstić information content (AvgIpc) is 2.45. The molecule has 3 nitrogen and oxygen atoms in total. The van der Waals surface area contributed by atoms with Gasteiger partial charge in [-0.05, 0) is 25.0 Å². The van der Waals surface area contributed by atoms with Gasteiger partial charge in [0.15, 0.2) is 0 Å². The number of hydrogen-bond donors (Lipinski definition) is 1.